The molecule has 5 nitrogen and oxygen atoms in total. The molecule has 0 saturated heterocycles. The zero-order chi connectivity index (χ0) is 18.2. The molecule has 0 spiro atoms. The highest BCUT2D eigenvalue weighted by Crippen LogP contribution is 2.31. The first-order chi connectivity index (χ1) is 12.1. The van der Waals surface area contributed by atoms with Gasteiger partial charge in [0.15, 0.2) is 5.82 Å². The number of nitrogens with zero attached hydrogens (tertiary/aromatic N) is 4. The largest absolute Gasteiger partial charge is 0.368 e. The summed E-state index contributed by atoms with van der Waals surface area (Å²) in [5, 5.41) is 3.97. The van der Waals surface area contributed by atoms with Gasteiger partial charge < -0.3 is 5.32 Å². The van der Waals surface area contributed by atoms with Crippen LogP contribution in [0.1, 0.15) is 23.7 Å². The predicted molar refractivity (Wildman–Crippen MR) is 107 cm³/mol. The van der Waals surface area contributed by atoms with Crippen LogP contribution in [0.2, 0.25) is 5.02 Å². The molecule has 25 heavy (non-hydrogen) atoms. The van der Waals surface area contributed by atoms with Gasteiger partial charge in [0.1, 0.15) is 11.4 Å². The molecule has 0 aliphatic carbocycles. The summed E-state index contributed by atoms with van der Waals surface area (Å²) in [4.78, 5) is 17.5. The fourth-order valence-corrected chi connectivity index (χ4v) is 2.67. The molecule has 0 radical (unpaired) electrons. The van der Waals surface area contributed by atoms with Gasteiger partial charge in [-0.05, 0) is 44.4 Å². The van der Waals surface area contributed by atoms with Crippen LogP contribution >= 0.6 is 11.6 Å². The lowest BCUT2D eigenvalue weighted by atomic mass is 10.1. The maximum Gasteiger partial charge on any atom is 0.152 e. The Kier molecular flexibility index (Phi) is 6.83. The van der Waals surface area contributed by atoms with Gasteiger partial charge in [-0.15, -0.1) is 0 Å². The Labute approximate surface area is 153 Å². The molecule has 6 heteroatoms. The Morgan fingerprint density at radius 2 is 2.04 bits per heavy atom. The minimum absolute atomic E-state index is 0.648. The zero-order valence-corrected chi connectivity index (χ0v) is 15.5. The summed E-state index contributed by atoms with van der Waals surface area (Å²) < 4.78 is 0. The Morgan fingerprint density at radius 1 is 1.24 bits per heavy atom. The normalized spacial score (nSPS) is 11.4. The zero-order valence-electron chi connectivity index (χ0n) is 14.8. The molecule has 2 heterocycles. The highest BCUT2D eigenvalue weighted by molar-refractivity contribution is 6.34. The summed E-state index contributed by atoms with van der Waals surface area (Å²) in [5.41, 5.74) is 4.36. The van der Waals surface area contributed by atoms with Gasteiger partial charge in [0.05, 0.1) is 10.7 Å². The van der Waals surface area contributed by atoms with E-state index in [0.29, 0.717) is 18.0 Å². The Bertz CT molecular complexity index is 812. The average Bonchev–Trinajstić information content (AvgIpc) is 2.60. The molecule has 0 saturated carbocycles. The number of aliphatic imine (C=N–C) groups is 2. The van der Waals surface area contributed by atoms with Crippen LogP contribution in [-0.4, -0.2) is 28.9 Å². The van der Waals surface area contributed by atoms with Gasteiger partial charge in [-0.2, -0.15) is 0 Å². The van der Waals surface area contributed by atoms with E-state index in [1.807, 2.05) is 26.8 Å². The third-order valence-corrected chi connectivity index (χ3v) is 4.05. The van der Waals surface area contributed by atoms with Crippen molar-refractivity contribution in [2.75, 3.05) is 11.9 Å². The molecule has 0 bridgehead atoms. The number of nitrogens with one attached hydrogen (secondary N) is 1. The van der Waals surface area contributed by atoms with Gasteiger partial charge in [0.25, 0.3) is 0 Å². The second-order valence-electron chi connectivity index (χ2n) is 5.43. The summed E-state index contributed by atoms with van der Waals surface area (Å²) in [6, 6.07) is 1.93. The predicted octanol–water partition coefficient (Wildman–Crippen LogP) is 5.01. The first-order valence-corrected chi connectivity index (χ1v) is 8.43. The Balaban J connectivity index is 2.14. The summed E-state index contributed by atoms with van der Waals surface area (Å²) in [6.45, 7) is 10.1. The van der Waals surface area contributed by atoms with E-state index in [9.17, 15) is 0 Å². The van der Waals surface area contributed by atoms with Crippen molar-refractivity contribution in [2.24, 2.45) is 9.98 Å². The van der Waals surface area contributed by atoms with Crippen LogP contribution in [-0.2, 0) is 6.42 Å². The van der Waals surface area contributed by atoms with Crippen molar-refractivity contribution in [3.05, 3.63) is 53.0 Å². The van der Waals surface area contributed by atoms with E-state index in [4.69, 9.17) is 11.6 Å². The molecule has 0 atom stereocenters. The van der Waals surface area contributed by atoms with Crippen LogP contribution in [0.5, 0.6) is 0 Å². The SMILES string of the molecule is C=CC=Nc1c(C)ccnc1NCCc1cnc(C)c(N=CC)c1Cl. The number of anilines is 1. The van der Waals surface area contributed by atoms with E-state index in [1.165, 1.54) is 0 Å². The van der Waals surface area contributed by atoms with Crippen LogP contribution in [0.3, 0.4) is 0 Å². The number of hydrogen-bond acceptors (Lipinski definition) is 5. The minimum atomic E-state index is 0.648. The summed E-state index contributed by atoms with van der Waals surface area (Å²) in [5.74, 6) is 0.737. The highest BCUT2D eigenvalue weighted by Gasteiger charge is 2.10. The Morgan fingerprint density at radius 3 is 2.76 bits per heavy atom. The molecule has 0 fully saturated rings. The van der Waals surface area contributed by atoms with Gasteiger partial charge in [-0.1, -0.05) is 24.3 Å². The van der Waals surface area contributed by atoms with Gasteiger partial charge in [-0.3, -0.25) is 15.0 Å². The number of pyridine rings is 2. The summed E-state index contributed by atoms with van der Waals surface area (Å²) in [6.07, 6.45) is 9.29. The molecule has 2 aromatic heterocycles. The van der Waals surface area contributed by atoms with Crippen molar-refractivity contribution in [2.45, 2.75) is 27.2 Å². The molecule has 0 unspecified atom stereocenters. The fraction of sp³-hybridized carbons (Fsp3) is 0.263. The molecule has 0 aromatic carbocycles. The number of hydrogen-bond donors (Lipinski definition) is 1. The van der Waals surface area contributed by atoms with Crippen molar-refractivity contribution in [3.8, 4) is 0 Å². The smallest absolute Gasteiger partial charge is 0.152 e. The lowest BCUT2D eigenvalue weighted by Gasteiger charge is -2.12. The van der Waals surface area contributed by atoms with E-state index in [2.05, 4.69) is 31.8 Å². The molecular formula is C19H22ClN5. The number of halogens is 1. The van der Waals surface area contributed by atoms with Crippen LogP contribution < -0.4 is 5.32 Å². The van der Waals surface area contributed by atoms with E-state index >= 15 is 0 Å². The molecule has 2 aromatic rings. The van der Waals surface area contributed by atoms with Crippen molar-refractivity contribution in [3.63, 3.8) is 0 Å². The number of allylic oxidation sites excluding steroid dienone is 1. The standard InChI is InChI=1S/C19H22ClN5/c1-5-9-22-17-13(3)7-10-23-19(17)24-11-8-15-12-25-14(4)18(16(15)20)21-6-2/h5-7,9-10,12H,1,8,11H2,2-4H3,(H,23,24). The fourth-order valence-electron chi connectivity index (χ4n) is 2.34. The maximum atomic E-state index is 6.47. The highest BCUT2D eigenvalue weighted by atomic mass is 35.5. The quantitative estimate of drug-likeness (QED) is 0.710. The molecule has 1 N–H and O–H groups in total. The van der Waals surface area contributed by atoms with Gasteiger partial charge in [0.2, 0.25) is 0 Å². The lowest BCUT2D eigenvalue weighted by molar-refractivity contribution is 0.985. The van der Waals surface area contributed by atoms with Crippen LogP contribution in [0.15, 0.2) is 41.1 Å². The average molecular weight is 356 g/mol. The monoisotopic (exact) mass is 355 g/mol. The summed E-state index contributed by atoms with van der Waals surface area (Å²) >= 11 is 6.47. The molecule has 130 valence electrons. The van der Waals surface area contributed by atoms with Crippen molar-refractivity contribution < 1.29 is 0 Å². The van der Waals surface area contributed by atoms with Crippen molar-refractivity contribution in [1.29, 1.82) is 0 Å². The molecule has 0 aliphatic heterocycles. The third kappa shape index (κ3) is 4.73. The number of aromatic nitrogens is 2. The van der Waals surface area contributed by atoms with Crippen molar-refractivity contribution in [1.82, 2.24) is 9.97 Å². The van der Waals surface area contributed by atoms with Gasteiger partial charge in [0, 0.05) is 31.4 Å². The minimum Gasteiger partial charge on any atom is -0.368 e. The second kappa shape index (κ2) is 9.08. The van der Waals surface area contributed by atoms with E-state index in [1.54, 1.807) is 30.9 Å². The van der Waals surface area contributed by atoms with Crippen molar-refractivity contribution >= 4 is 41.2 Å². The first-order valence-electron chi connectivity index (χ1n) is 8.05. The van der Waals surface area contributed by atoms with Gasteiger partial charge >= 0.3 is 0 Å². The van der Waals surface area contributed by atoms with Gasteiger partial charge in [-0.25, -0.2) is 4.98 Å². The molecular weight excluding hydrogens is 334 g/mol. The maximum absolute atomic E-state index is 6.47. The van der Waals surface area contributed by atoms with Crippen LogP contribution in [0.4, 0.5) is 17.2 Å². The topological polar surface area (TPSA) is 62.5 Å². The summed E-state index contributed by atoms with van der Waals surface area (Å²) in [7, 11) is 0. The first kappa shape index (κ1) is 18.8. The number of rotatable bonds is 7. The second-order valence-corrected chi connectivity index (χ2v) is 5.81. The Hall–Kier alpha value is -2.53. The lowest BCUT2D eigenvalue weighted by Crippen LogP contribution is -2.08. The van der Waals surface area contributed by atoms with Crippen LogP contribution in [0, 0.1) is 13.8 Å². The van der Waals surface area contributed by atoms with E-state index < -0.39 is 0 Å². The molecule has 0 amide bonds. The van der Waals surface area contributed by atoms with E-state index in [0.717, 1.165) is 34.0 Å². The third-order valence-electron chi connectivity index (χ3n) is 3.63. The number of aryl methyl sites for hydroxylation is 2. The van der Waals surface area contributed by atoms with E-state index in [-0.39, 0.29) is 0 Å². The van der Waals surface area contributed by atoms with Crippen LogP contribution in [0.25, 0.3) is 0 Å². The molecule has 0 aliphatic rings. The molecule has 2 rings (SSSR count).